The maximum Gasteiger partial charge on any atom is 0.170 e. The molecule has 0 bridgehead atoms. The van der Waals surface area contributed by atoms with Gasteiger partial charge in [-0.15, -0.1) is 0 Å². The molecule has 0 radical (unpaired) electrons. The van der Waals surface area contributed by atoms with E-state index in [2.05, 4.69) is 10.1 Å². The Hall–Kier alpha value is -2.17. The van der Waals surface area contributed by atoms with E-state index in [1.165, 1.54) is 6.33 Å². The quantitative estimate of drug-likeness (QED) is 0.759. The summed E-state index contributed by atoms with van der Waals surface area (Å²) in [6.07, 6.45) is 1.81. The van der Waals surface area contributed by atoms with Crippen LogP contribution in [0.4, 0.5) is 0 Å². The highest BCUT2D eigenvalue weighted by molar-refractivity contribution is 5.97. The zero-order valence-corrected chi connectivity index (χ0v) is 12.0. The molecule has 1 aromatic carbocycles. The Labute approximate surface area is 118 Å². The van der Waals surface area contributed by atoms with Crippen LogP contribution in [0.3, 0.4) is 0 Å². The molecule has 0 spiro atoms. The maximum atomic E-state index is 12.3. The molecule has 0 fully saturated rings. The van der Waals surface area contributed by atoms with Gasteiger partial charge in [0.25, 0.3) is 0 Å². The zero-order valence-electron chi connectivity index (χ0n) is 12.0. The lowest BCUT2D eigenvalue weighted by atomic mass is 10.1. The third-order valence-electron chi connectivity index (χ3n) is 2.84. The van der Waals surface area contributed by atoms with Crippen molar-refractivity contribution in [3.8, 4) is 5.75 Å². The summed E-state index contributed by atoms with van der Waals surface area (Å²) in [7, 11) is 0. The van der Waals surface area contributed by atoms with Gasteiger partial charge in [0.2, 0.25) is 0 Å². The lowest BCUT2D eigenvalue weighted by Gasteiger charge is -2.10. The van der Waals surface area contributed by atoms with Gasteiger partial charge in [-0.3, -0.25) is 4.79 Å². The average Bonchev–Trinajstić information content (AvgIpc) is 2.85. The van der Waals surface area contributed by atoms with Crippen molar-refractivity contribution in [3.63, 3.8) is 0 Å². The first-order valence-corrected chi connectivity index (χ1v) is 6.76. The fraction of sp³-hybridized carbons (Fsp3) is 0.400. The van der Waals surface area contributed by atoms with Gasteiger partial charge >= 0.3 is 0 Å². The number of rotatable bonds is 6. The van der Waals surface area contributed by atoms with E-state index in [1.807, 2.05) is 32.9 Å². The Morgan fingerprint density at radius 1 is 1.40 bits per heavy atom. The smallest absolute Gasteiger partial charge is 0.170 e. The summed E-state index contributed by atoms with van der Waals surface area (Å²) in [5.41, 5.74) is 0.633. The number of nitrogens with zero attached hydrogens (tertiary/aromatic N) is 3. The fourth-order valence-corrected chi connectivity index (χ4v) is 1.95. The van der Waals surface area contributed by atoms with Crippen LogP contribution in [0.2, 0.25) is 0 Å². The third kappa shape index (κ3) is 3.44. The second kappa shape index (κ2) is 6.32. The maximum absolute atomic E-state index is 12.3. The number of Topliss-reactive ketones (excluding diaryl/α,β-unsaturated/α-hetero) is 1. The number of ether oxygens (including phenoxy) is 1. The van der Waals surface area contributed by atoms with Crippen molar-refractivity contribution in [2.45, 2.75) is 39.8 Å². The highest BCUT2D eigenvalue weighted by atomic mass is 16.5. The number of carbonyl (C=O) groups excluding carboxylic acids is 1. The van der Waals surface area contributed by atoms with E-state index < -0.39 is 0 Å². The first-order valence-electron chi connectivity index (χ1n) is 6.76. The van der Waals surface area contributed by atoms with Crippen LogP contribution >= 0.6 is 0 Å². The second-order valence-corrected chi connectivity index (χ2v) is 4.79. The van der Waals surface area contributed by atoms with Gasteiger partial charge in [0.1, 0.15) is 17.9 Å². The van der Waals surface area contributed by atoms with Gasteiger partial charge in [-0.25, -0.2) is 9.67 Å². The standard InChI is InChI=1S/C15H19N3O2/c1-4-18-15(16-10-17-18)9-14(19)12-6-5-7-13(8-12)20-11(2)3/h5-8,10-11H,4,9H2,1-3H3. The molecule has 0 amide bonds. The predicted octanol–water partition coefficient (Wildman–Crippen LogP) is 2.51. The number of ketones is 1. The van der Waals surface area contributed by atoms with Crippen molar-refractivity contribution in [2.75, 3.05) is 0 Å². The largest absolute Gasteiger partial charge is 0.491 e. The van der Waals surface area contributed by atoms with Gasteiger partial charge in [0, 0.05) is 12.1 Å². The minimum Gasteiger partial charge on any atom is -0.491 e. The molecule has 1 heterocycles. The van der Waals surface area contributed by atoms with Crippen LogP contribution in [0.15, 0.2) is 30.6 Å². The molecule has 1 aromatic heterocycles. The highest BCUT2D eigenvalue weighted by Crippen LogP contribution is 2.16. The van der Waals surface area contributed by atoms with Gasteiger partial charge in [-0.05, 0) is 32.9 Å². The molecule has 0 aliphatic carbocycles. The number of benzene rings is 1. The van der Waals surface area contributed by atoms with E-state index in [-0.39, 0.29) is 18.3 Å². The number of aryl methyl sites for hydroxylation is 1. The normalized spacial score (nSPS) is 10.8. The van der Waals surface area contributed by atoms with E-state index >= 15 is 0 Å². The molecule has 20 heavy (non-hydrogen) atoms. The summed E-state index contributed by atoms with van der Waals surface area (Å²) >= 11 is 0. The van der Waals surface area contributed by atoms with E-state index in [0.717, 1.165) is 0 Å². The molecule has 0 N–H and O–H groups in total. The average molecular weight is 273 g/mol. The van der Waals surface area contributed by atoms with Crippen molar-refractivity contribution < 1.29 is 9.53 Å². The first kappa shape index (κ1) is 14.2. The lowest BCUT2D eigenvalue weighted by molar-refractivity contribution is 0.0988. The molecule has 2 rings (SSSR count). The van der Waals surface area contributed by atoms with E-state index in [4.69, 9.17) is 4.74 Å². The number of aromatic nitrogens is 3. The molecule has 2 aromatic rings. The van der Waals surface area contributed by atoms with Crippen molar-refractivity contribution in [2.24, 2.45) is 0 Å². The second-order valence-electron chi connectivity index (χ2n) is 4.79. The van der Waals surface area contributed by atoms with Crippen molar-refractivity contribution in [1.29, 1.82) is 0 Å². The molecule has 0 atom stereocenters. The monoisotopic (exact) mass is 273 g/mol. The molecular weight excluding hydrogens is 254 g/mol. The van der Waals surface area contributed by atoms with Crippen LogP contribution in [-0.4, -0.2) is 26.7 Å². The Morgan fingerprint density at radius 3 is 2.90 bits per heavy atom. The molecule has 0 saturated carbocycles. The summed E-state index contributed by atoms with van der Waals surface area (Å²) in [6.45, 7) is 6.59. The van der Waals surface area contributed by atoms with E-state index in [0.29, 0.717) is 23.7 Å². The molecule has 0 saturated heterocycles. The third-order valence-corrected chi connectivity index (χ3v) is 2.84. The Bertz CT molecular complexity index is 590. The summed E-state index contributed by atoms with van der Waals surface area (Å²) in [5, 5.41) is 4.07. The number of carbonyl (C=O) groups is 1. The molecule has 5 heteroatoms. The lowest BCUT2D eigenvalue weighted by Crippen LogP contribution is -2.11. The summed E-state index contributed by atoms with van der Waals surface area (Å²) in [6, 6.07) is 7.25. The van der Waals surface area contributed by atoms with Crippen molar-refractivity contribution in [3.05, 3.63) is 42.0 Å². The van der Waals surface area contributed by atoms with Crippen LogP contribution in [0.5, 0.6) is 5.75 Å². The van der Waals surface area contributed by atoms with Crippen molar-refractivity contribution >= 4 is 5.78 Å². The Kier molecular flexibility index (Phi) is 4.50. The fourth-order valence-electron chi connectivity index (χ4n) is 1.95. The highest BCUT2D eigenvalue weighted by Gasteiger charge is 2.12. The molecule has 0 unspecified atom stereocenters. The summed E-state index contributed by atoms with van der Waals surface area (Å²) < 4.78 is 7.33. The van der Waals surface area contributed by atoms with Crippen LogP contribution in [0.1, 0.15) is 37.0 Å². The topological polar surface area (TPSA) is 57.0 Å². The number of hydrogen-bond acceptors (Lipinski definition) is 4. The number of hydrogen-bond donors (Lipinski definition) is 0. The molecule has 5 nitrogen and oxygen atoms in total. The Morgan fingerprint density at radius 2 is 2.20 bits per heavy atom. The van der Waals surface area contributed by atoms with Crippen LogP contribution < -0.4 is 4.74 Å². The van der Waals surface area contributed by atoms with Crippen LogP contribution in [-0.2, 0) is 13.0 Å². The van der Waals surface area contributed by atoms with Crippen LogP contribution in [0.25, 0.3) is 0 Å². The first-order chi connectivity index (χ1) is 9.60. The van der Waals surface area contributed by atoms with E-state index in [9.17, 15) is 4.79 Å². The summed E-state index contributed by atoms with van der Waals surface area (Å²) in [5.74, 6) is 1.41. The van der Waals surface area contributed by atoms with Gasteiger partial charge in [-0.1, -0.05) is 12.1 Å². The van der Waals surface area contributed by atoms with Crippen LogP contribution in [0, 0.1) is 0 Å². The van der Waals surface area contributed by atoms with Gasteiger partial charge in [0.05, 0.1) is 12.5 Å². The van der Waals surface area contributed by atoms with Gasteiger partial charge in [-0.2, -0.15) is 5.10 Å². The van der Waals surface area contributed by atoms with E-state index in [1.54, 1.807) is 16.8 Å². The minimum absolute atomic E-state index is 0.0157. The SMILES string of the molecule is CCn1ncnc1CC(=O)c1cccc(OC(C)C)c1. The molecule has 106 valence electrons. The Balaban J connectivity index is 2.13. The van der Waals surface area contributed by atoms with Crippen molar-refractivity contribution in [1.82, 2.24) is 14.8 Å². The molecular formula is C15H19N3O2. The van der Waals surface area contributed by atoms with Gasteiger partial charge < -0.3 is 4.74 Å². The van der Waals surface area contributed by atoms with Gasteiger partial charge in [0.15, 0.2) is 5.78 Å². The molecule has 0 aliphatic heterocycles. The predicted molar refractivity (Wildman–Crippen MR) is 75.9 cm³/mol. The zero-order chi connectivity index (χ0) is 14.5. The molecule has 0 aliphatic rings. The minimum atomic E-state index is 0.0157. The summed E-state index contributed by atoms with van der Waals surface area (Å²) in [4.78, 5) is 16.4.